The number of hydrogen-bond donors (Lipinski definition) is 1. The highest BCUT2D eigenvalue weighted by Gasteiger charge is 1.94. The van der Waals surface area contributed by atoms with E-state index in [1.807, 2.05) is 30.3 Å². The van der Waals surface area contributed by atoms with E-state index in [9.17, 15) is 0 Å². The van der Waals surface area contributed by atoms with E-state index in [-0.39, 0.29) is 0 Å². The fourth-order valence-corrected chi connectivity index (χ4v) is 1.35. The average molecular weight is 167 g/mol. The second-order valence-corrected chi connectivity index (χ2v) is 3.30. The molecule has 0 aliphatic carbocycles. The first-order valence-electron chi connectivity index (χ1n) is 3.24. The van der Waals surface area contributed by atoms with Crippen molar-refractivity contribution in [1.29, 1.82) is 0 Å². The maximum Gasteiger partial charge on any atom is 0.114 e. The molecule has 0 amide bonds. The van der Waals surface area contributed by atoms with Crippen molar-refractivity contribution in [3.8, 4) is 0 Å². The molecule has 0 bridgehead atoms. The SMILES string of the molecule is C/C(=N/O)Sc1ccccc1. The van der Waals surface area contributed by atoms with Crippen LogP contribution in [0.4, 0.5) is 0 Å². The summed E-state index contributed by atoms with van der Waals surface area (Å²) in [5, 5.41) is 12.1. The minimum Gasteiger partial charge on any atom is -0.410 e. The van der Waals surface area contributed by atoms with Gasteiger partial charge in [-0.25, -0.2) is 0 Å². The molecule has 0 heterocycles. The van der Waals surface area contributed by atoms with E-state index in [1.165, 1.54) is 11.8 Å². The molecule has 0 aliphatic rings. The largest absolute Gasteiger partial charge is 0.410 e. The van der Waals surface area contributed by atoms with Crippen LogP contribution in [0, 0.1) is 0 Å². The first-order chi connectivity index (χ1) is 5.33. The zero-order valence-corrected chi connectivity index (χ0v) is 7.01. The van der Waals surface area contributed by atoms with E-state index in [4.69, 9.17) is 5.21 Å². The molecule has 58 valence electrons. The van der Waals surface area contributed by atoms with Gasteiger partial charge in [-0.1, -0.05) is 35.1 Å². The molecule has 0 spiro atoms. The third-order valence-corrected chi connectivity index (χ3v) is 2.03. The van der Waals surface area contributed by atoms with Crippen LogP contribution in [-0.2, 0) is 0 Å². The standard InChI is InChI=1S/C8H9NOS/c1-7(9-10)11-8-5-3-2-4-6-8/h2-6,10H,1H3/b9-7-. The fraction of sp³-hybridized carbons (Fsp3) is 0.125. The van der Waals surface area contributed by atoms with Gasteiger partial charge in [0.05, 0.1) is 0 Å². The van der Waals surface area contributed by atoms with E-state index >= 15 is 0 Å². The lowest BCUT2D eigenvalue weighted by Crippen LogP contribution is -1.81. The minimum atomic E-state index is 0.649. The lowest BCUT2D eigenvalue weighted by molar-refractivity contribution is 0.320. The highest BCUT2D eigenvalue weighted by atomic mass is 32.2. The zero-order valence-electron chi connectivity index (χ0n) is 6.19. The van der Waals surface area contributed by atoms with Gasteiger partial charge in [-0.05, 0) is 19.1 Å². The topological polar surface area (TPSA) is 32.6 Å². The monoisotopic (exact) mass is 167 g/mol. The molecule has 0 aliphatic heterocycles. The molecule has 11 heavy (non-hydrogen) atoms. The Labute approximate surface area is 69.9 Å². The molecule has 0 aromatic heterocycles. The molecule has 0 saturated heterocycles. The Morgan fingerprint density at radius 2 is 2.00 bits per heavy atom. The lowest BCUT2D eigenvalue weighted by Gasteiger charge is -1.96. The van der Waals surface area contributed by atoms with E-state index in [2.05, 4.69) is 5.16 Å². The van der Waals surface area contributed by atoms with Gasteiger partial charge in [-0.3, -0.25) is 0 Å². The van der Waals surface area contributed by atoms with Gasteiger partial charge in [0.15, 0.2) is 0 Å². The van der Waals surface area contributed by atoms with Crippen LogP contribution < -0.4 is 0 Å². The Balaban J connectivity index is 2.65. The van der Waals surface area contributed by atoms with Crippen molar-refractivity contribution in [3.05, 3.63) is 30.3 Å². The molecular weight excluding hydrogens is 158 g/mol. The Morgan fingerprint density at radius 1 is 1.36 bits per heavy atom. The molecule has 1 aromatic rings. The summed E-state index contributed by atoms with van der Waals surface area (Å²) in [5.41, 5.74) is 0. The van der Waals surface area contributed by atoms with Crippen molar-refractivity contribution in [2.75, 3.05) is 0 Å². The van der Waals surface area contributed by atoms with E-state index in [0.29, 0.717) is 5.04 Å². The smallest absolute Gasteiger partial charge is 0.114 e. The van der Waals surface area contributed by atoms with Gasteiger partial charge in [0.1, 0.15) is 5.04 Å². The molecule has 0 saturated carbocycles. The fourth-order valence-electron chi connectivity index (χ4n) is 0.680. The molecular formula is C8H9NOS. The van der Waals surface area contributed by atoms with Gasteiger partial charge in [0, 0.05) is 4.90 Å². The highest BCUT2D eigenvalue weighted by Crippen LogP contribution is 2.17. The molecule has 0 fully saturated rings. The second kappa shape index (κ2) is 4.03. The summed E-state index contributed by atoms with van der Waals surface area (Å²) in [7, 11) is 0. The van der Waals surface area contributed by atoms with Crippen LogP contribution in [0.25, 0.3) is 0 Å². The zero-order chi connectivity index (χ0) is 8.10. The molecule has 0 atom stereocenters. The molecule has 3 heteroatoms. The third-order valence-electron chi connectivity index (χ3n) is 1.15. The number of thioether (sulfide) groups is 1. The predicted molar refractivity (Wildman–Crippen MR) is 47.2 cm³/mol. The first kappa shape index (κ1) is 8.14. The summed E-state index contributed by atoms with van der Waals surface area (Å²) < 4.78 is 0. The number of hydrogen-bond acceptors (Lipinski definition) is 3. The Hall–Kier alpha value is -0.960. The molecule has 0 unspecified atom stereocenters. The number of benzene rings is 1. The van der Waals surface area contributed by atoms with Gasteiger partial charge < -0.3 is 5.21 Å². The van der Waals surface area contributed by atoms with Gasteiger partial charge in [-0.2, -0.15) is 0 Å². The van der Waals surface area contributed by atoms with Crippen LogP contribution in [0.15, 0.2) is 40.4 Å². The maximum absolute atomic E-state index is 8.36. The normalized spacial score (nSPS) is 11.5. The van der Waals surface area contributed by atoms with Crippen molar-refractivity contribution in [1.82, 2.24) is 0 Å². The summed E-state index contributed by atoms with van der Waals surface area (Å²) in [6.45, 7) is 1.76. The van der Waals surface area contributed by atoms with Crippen molar-refractivity contribution >= 4 is 16.8 Å². The summed E-state index contributed by atoms with van der Waals surface area (Å²) in [6, 6.07) is 9.80. The average Bonchev–Trinajstić information content (AvgIpc) is 2.06. The van der Waals surface area contributed by atoms with Crippen LogP contribution in [0.1, 0.15) is 6.92 Å². The Morgan fingerprint density at radius 3 is 2.55 bits per heavy atom. The van der Waals surface area contributed by atoms with Crippen molar-refractivity contribution in [3.63, 3.8) is 0 Å². The Kier molecular flexibility index (Phi) is 2.98. The van der Waals surface area contributed by atoms with Gasteiger partial charge in [0.2, 0.25) is 0 Å². The van der Waals surface area contributed by atoms with Gasteiger partial charge >= 0.3 is 0 Å². The van der Waals surface area contributed by atoms with Crippen molar-refractivity contribution < 1.29 is 5.21 Å². The molecule has 0 radical (unpaired) electrons. The third kappa shape index (κ3) is 2.63. The highest BCUT2D eigenvalue weighted by molar-refractivity contribution is 8.13. The summed E-state index contributed by atoms with van der Waals surface area (Å²) in [5.74, 6) is 0. The quantitative estimate of drug-likeness (QED) is 0.229. The molecule has 2 nitrogen and oxygen atoms in total. The maximum atomic E-state index is 8.36. The Bertz CT molecular complexity index is 246. The number of nitrogens with zero attached hydrogens (tertiary/aromatic N) is 1. The summed E-state index contributed by atoms with van der Waals surface area (Å²) >= 11 is 1.44. The summed E-state index contributed by atoms with van der Waals surface area (Å²) in [4.78, 5) is 1.09. The van der Waals surface area contributed by atoms with Crippen LogP contribution in [0.2, 0.25) is 0 Å². The van der Waals surface area contributed by atoms with E-state index in [0.717, 1.165) is 4.90 Å². The number of rotatable bonds is 1. The van der Waals surface area contributed by atoms with Crippen molar-refractivity contribution in [2.24, 2.45) is 5.16 Å². The second-order valence-electron chi connectivity index (χ2n) is 2.03. The minimum absolute atomic E-state index is 0.649. The summed E-state index contributed by atoms with van der Waals surface area (Å²) in [6.07, 6.45) is 0. The number of oxime groups is 1. The van der Waals surface area contributed by atoms with Crippen LogP contribution in [0.3, 0.4) is 0 Å². The molecule has 1 rings (SSSR count). The van der Waals surface area contributed by atoms with Crippen LogP contribution in [-0.4, -0.2) is 10.3 Å². The lowest BCUT2D eigenvalue weighted by atomic mass is 10.4. The van der Waals surface area contributed by atoms with Crippen LogP contribution in [0.5, 0.6) is 0 Å². The van der Waals surface area contributed by atoms with Gasteiger partial charge in [0.25, 0.3) is 0 Å². The molecule has 1 N–H and O–H groups in total. The van der Waals surface area contributed by atoms with Crippen molar-refractivity contribution in [2.45, 2.75) is 11.8 Å². The van der Waals surface area contributed by atoms with E-state index < -0.39 is 0 Å². The van der Waals surface area contributed by atoms with Gasteiger partial charge in [-0.15, -0.1) is 0 Å². The first-order valence-corrected chi connectivity index (χ1v) is 4.06. The predicted octanol–water partition coefficient (Wildman–Crippen LogP) is 2.59. The molecule has 1 aromatic carbocycles. The van der Waals surface area contributed by atoms with E-state index in [1.54, 1.807) is 6.92 Å². The van der Waals surface area contributed by atoms with Crippen LogP contribution >= 0.6 is 11.8 Å².